The van der Waals surface area contributed by atoms with Crippen LogP contribution in [0.4, 0.5) is 0 Å². The molecule has 0 aliphatic carbocycles. The predicted octanol–water partition coefficient (Wildman–Crippen LogP) is 19.0. The van der Waals surface area contributed by atoms with Gasteiger partial charge in [-0.1, -0.05) is 143 Å². The number of hydrogen-bond donors (Lipinski definition) is 2. The molecule has 8 rings (SSSR count). The van der Waals surface area contributed by atoms with E-state index >= 15 is 0 Å². The van der Waals surface area contributed by atoms with E-state index < -0.39 is 0 Å². The van der Waals surface area contributed by atoms with Crippen LogP contribution in [0.1, 0.15) is 214 Å². The van der Waals surface area contributed by atoms with Crippen molar-refractivity contribution in [1.82, 2.24) is 19.9 Å². The Morgan fingerprint density at radius 1 is 0.521 bits per heavy atom. The van der Waals surface area contributed by atoms with E-state index in [1.54, 1.807) is 12.1 Å². The summed E-state index contributed by atoms with van der Waals surface area (Å²) < 4.78 is 5.80. The molecule has 0 amide bonds. The van der Waals surface area contributed by atoms with Gasteiger partial charge in [-0.25, -0.2) is 14.8 Å². The Morgan fingerprint density at radius 3 is 1.38 bits per heavy atom. The number of nitrogens with one attached hydrogen (secondary N) is 2. The number of nitrogens with zero attached hydrogens (tertiary/aromatic N) is 2. The van der Waals surface area contributed by atoms with Gasteiger partial charge in [0, 0.05) is 22.2 Å². The molecule has 0 saturated carbocycles. The molecule has 0 fully saturated rings. The van der Waals surface area contributed by atoms with Crippen molar-refractivity contribution in [1.29, 1.82) is 0 Å². The van der Waals surface area contributed by atoms with Gasteiger partial charge in [-0.05, 0) is 193 Å². The Bertz CT molecular complexity index is 3090. The number of benzene rings is 3. The molecule has 6 heteroatoms. The molecule has 3 aromatic carbocycles. The van der Waals surface area contributed by atoms with Crippen LogP contribution in [0.3, 0.4) is 0 Å². The first-order chi connectivity index (χ1) is 34.9. The van der Waals surface area contributed by atoms with Gasteiger partial charge in [0.25, 0.3) is 0 Å². The lowest BCUT2D eigenvalue weighted by atomic mass is 9.78. The Labute approximate surface area is 437 Å². The summed E-state index contributed by atoms with van der Waals surface area (Å²) >= 11 is 0. The number of aryl methyl sites for hydroxylation is 4. The fourth-order valence-electron chi connectivity index (χ4n) is 10.8. The molecule has 5 heterocycles. The van der Waals surface area contributed by atoms with E-state index in [1.165, 1.54) is 77.8 Å². The van der Waals surface area contributed by atoms with Crippen LogP contribution >= 0.6 is 0 Å². The third-order valence-corrected chi connectivity index (χ3v) is 15.5. The Balaban J connectivity index is 1.57. The average Bonchev–Trinajstić information content (AvgIpc) is 4.04. The van der Waals surface area contributed by atoms with Crippen LogP contribution in [0.25, 0.3) is 66.6 Å². The van der Waals surface area contributed by atoms with Crippen LogP contribution < -0.4 is 4.74 Å². The number of carbonyl (C=O) groups excluding carboxylic acids is 1. The quantitative estimate of drug-likeness (QED) is 0.0748. The van der Waals surface area contributed by atoms with Crippen LogP contribution in [0.15, 0.2) is 84.9 Å². The molecule has 0 spiro atoms. The number of rotatable bonds is 16. The smallest absolute Gasteiger partial charge is 0.343 e. The number of ether oxygens (including phenoxy) is 1. The summed E-state index contributed by atoms with van der Waals surface area (Å²) in [5.74, 6) is 0.130. The SMILES string of the molecule is CCCCC1=C(C)c2nc1cc1[nH]c(c(C)c1CCCC)c(-c1cc(C(C)(C)C)cc(C(C)(C)C)c1)c1[nH]c(cc3nc(c2-c2ccc(C(=O)Oc4ccccc4)cc2)C(C)=C3CCCC)c(CCCC)c1C. The number of unbranched alkanes of at least 4 members (excludes halogenated alkanes) is 4. The van der Waals surface area contributed by atoms with E-state index in [-0.39, 0.29) is 16.8 Å². The molecule has 6 aromatic rings. The topological polar surface area (TPSA) is 83.7 Å². The molecular weight excluding hydrogens is 893 g/mol. The molecule has 2 aliphatic rings. The van der Waals surface area contributed by atoms with Crippen LogP contribution in [0, 0.1) is 13.8 Å². The van der Waals surface area contributed by atoms with Gasteiger partial charge in [0.15, 0.2) is 0 Å². The number of esters is 1. The number of fused-ring (bicyclic) bond motifs is 8. The minimum Gasteiger partial charge on any atom is -0.423 e. The molecule has 0 unspecified atom stereocenters. The van der Waals surface area contributed by atoms with Gasteiger partial charge in [-0.3, -0.25) is 0 Å². The van der Waals surface area contributed by atoms with Gasteiger partial charge in [-0.15, -0.1) is 0 Å². The molecule has 8 bridgehead atoms. The minimum atomic E-state index is -0.389. The average molecular weight is 975 g/mol. The maximum absolute atomic E-state index is 13.5. The van der Waals surface area contributed by atoms with Crippen molar-refractivity contribution in [2.24, 2.45) is 0 Å². The van der Waals surface area contributed by atoms with Gasteiger partial charge in [0.05, 0.1) is 39.4 Å². The molecule has 382 valence electrons. The van der Waals surface area contributed by atoms with E-state index in [4.69, 9.17) is 14.7 Å². The first-order valence-electron chi connectivity index (χ1n) is 27.6. The van der Waals surface area contributed by atoms with Crippen molar-refractivity contribution in [3.8, 4) is 28.0 Å². The highest BCUT2D eigenvalue weighted by Crippen LogP contribution is 2.46. The number of aromatic nitrogens is 4. The molecule has 73 heavy (non-hydrogen) atoms. The maximum atomic E-state index is 13.5. The second-order valence-corrected chi connectivity index (χ2v) is 23.0. The number of allylic oxidation sites excluding steroid dienone is 4. The monoisotopic (exact) mass is 975 g/mol. The summed E-state index contributed by atoms with van der Waals surface area (Å²) in [4.78, 5) is 33.5. The van der Waals surface area contributed by atoms with Crippen molar-refractivity contribution in [3.63, 3.8) is 0 Å². The van der Waals surface area contributed by atoms with E-state index in [0.717, 1.165) is 122 Å². The van der Waals surface area contributed by atoms with E-state index in [0.29, 0.717) is 11.3 Å². The van der Waals surface area contributed by atoms with Crippen LogP contribution in [0.2, 0.25) is 0 Å². The van der Waals surface area contributed by atoms with Crippen molar-refractivity contribution in [3.05, 3.63) is 147 Å². The largest absolute Gasteiger partial charge is 0.423 e. The standard InChI is InChI=1S/C67H82N4O2/c1-15-19-28-51-41(5)61-59(45-32-34-46(35-33-45)65(72)73-50-26-24-23-25-27-50)62-42(6)52(29-20-16-2)56(69-62)40-58-54(31-22-18-4)44(8)64(71-58)60(47-36-48(66(9,10)11)38-49(37-47)67(12,13)14)63-43(7)53(30-21-17-3)57(70-63)39-55(51)68-61/h23-27,32-40,70-71H,15-22,28-31H2,1-14H3. The summed E-state index contributed by atoms with van der Waals surface area (Å²) in [5, 5.41) is 0. The van der Waals surface area contributed by atoms with Crippen molar-refractivity contribution in [2.75, 3.05) is 0 Å². The van der Waals surface area contributed by atoms with Crippen molar-refractivity contribution < 1.29 is 9.53 Å². The third kappa shape index (κ3) is 11.0. The molecule has 6 nitrogen and oxygen atoms in total. The zero-order chi connectivity index (χ0) is 52.4. The summed E-state index contributed by atoms with van der Waals surface area (Å²) in [6, 6.07) is 29.3. The van der Waals surface area contributed by atoms with Crippen molar-refractivity contribution in [2.45, 2.75) is 185 Å². The maximum Gasteiger partial charge on any atom is 0.343 e. The first-order valence-corrected chi connectivity index (χ1v) is 27.6. The number of H-pyrrole nitrogens is 2. The van der Waals surface area contributed by atoms with Crippen LogP contribution in [-0.2, 0) is 23.7 Å². The van der Waals surface area contributed by atoms with Crippen LogP contribution in [-0.4, -0.2) is 25.9 Å². The number of para-hydroxylation sites is 1. The lowest BCUT2D eigenvalue weighted by molar-refractivity contribution is 0.0734. The normalized spacial score (nSPS) is 13.1. The van der Waals surface area contributed by atoms with Gasteiger partial charge >= 0.3 is 5.97 Å². The fourth-order valence-corrected chi connectivity index (χ4v) is 10.8. The fraction of sp³-hybridized carbons (Fsp3) is 0.418. The summed E-state index contributed by atoms with van der Waals surface area (Å²) in [6.07, 6.45) is 12.4. The second-order valence-electron chi connectivity index (χ2n) is 23.0. The highest BCUT2D eigenvalue weighted by Gasteiger charge is 2.29. The van der Waals surface area contributed by atoms with Gasteiger partial charge < -0.3 is 14.7 Å². The second kappa shape index (κ2) is 22.1. The van der Waals surface area contributed by atoms with Gasteiger partial charge in [0.2, 0.25) is 0 Å². The van der Waals surface area contributed by atoms with E-state index in [9.17, 15) is 4.79 Å². The first kappa shape index (κ1) is 53.0. The zero-order valence-electron chi connectivity index (χ0n) is 46.8. The Morgan fingerprint density at radius 2 is 0.959 bits per heavy atom. The molecule has 0 saturated heterocycles. The lowest BCUT2D eigenvalue weighted by Gasteiger charge is -2.26. The Kier molecular flexibility index (Phi) is 16.0. The Hall–Kier alpha value is -6.27. The molecule has 2 aliphatic heterocycles. The number of aromatic amines is 2. The van der Waals surface area contributed by atoms with Gasteiger partial charge in [0.1, 0.15) is 5.75 Å². The highest BCUT2D eigenvalue weighted by atomic mass is 16.5. The summed E-state index contributed by atoms with van der Waals surface area (Å²) in [7, 11) is 0. The summed E-state index contributed by atoms with van der Waals surface area (Å²) in [6.45, 7) is 32.4. The molecule has 3 aromatic heterocycles. The number of carbonyl (C=O) groups is 1. The van der Waals surface area contributed by atoms with Crippen molar-refractivity contribution >= 4 is 50.3 Å². The molecule has 2 N–H and O–H groups in total. The lowest BCUT2D eigenvalue weighted by Crippen LogP contribution is -2.16. The molecule has 0 atom stereocenters. The van der Waals surface area contributed by atoms with E-state index in [1.807, 2.05) is 30.3 Å². The highest BCUT2D eigenvalue weighted by molar-refractivity contribution is 6.04. The van der Waals surface area contributed by atoms with Gasteiger partial charge in [-0.2, -0.15) is 0 Å². The molecule has 0 radical (unpaired) electrons. The third-order valence-electron chi connectivity index (χ3n) is 15.5. The summed E-state index contributed by atoms with van der Waals surface area (Å²) in [5.41, 5.74) is 26.2. The van der Waals surface area contributed by atoms with Crippen LogP contribution in [0.5, 0.6) is 5.75 Å². The zero-order valence-corrected chi connectivity index (χ0v) is 46.8. The minimum absolute atomic E-state index is 0.0607. The molecular formula is C67H82N4O2. The number of hydrogen-bond acceptors (Lipinski definition) is 4. The van der Waals surface area contributed by atoms with E-state index in [2.05, 4.69) is 149 Å². The predicted molar refractivity (Wildman–Crippen MR) is 311 cm³/mol.